The molecule has 0 radical (unpaired) electrons. The number of nitrogens with one attached hydrogen (secondary N) is 1. The fraction of sp³-hybridized carbons (Fsp3) is 0.579. The quantitative estimate of drug-likeness (QED) is 0.227. The molecule has 2 aromatic rings. The van der Waals surface area contributed by atoms with Gasteiger partial charge in [0.25, 0.3) is 0 Å². The van der Waals surface area contributed by atoms with Crippen LogP contribution >= 0.6 is 22.6 Å². The Morgan fingerprint density at radius 3 is 2.44 bits per heavy atom. The normalized spacial score (nSPS) is 24.9. The minimum absolute atomic E-state index is 0.185. The van der Waals surface area contributed by atoms with Crippen molar-refractivity contribution in [1.29, 1.82) is 0 Å². The Labute approximate surface area is 196 Å². The molecule has 0 spiro atoms. The van der Waals surface area contributed by atoms with E-state index in [1.807, 2.05) is 22.6 Å². The van der Waals surface area contributed by atoms with Crippen LogP contribution in [0.1, 0.15) is 39.8 Å². The van der Waals surface area contributed by atoms with Crippen molar-refractivity contribution in [3.8, 4) is 0 Å². The van der Waals surface area contributed by atoms with E-state index in [0.717, 1.165) is 12.8 Å². The lowest BCUT2D eigenvalue weighted by molar-refractivity contribution is -0.166. The zero-order valence-corrected chi connectivity index (χ0v) is 19.8. The van der Waals surface area contributed by atoms with Gasteiger partial charge in [-0.15, -0.1) is 0 Å². The highest BCUT2D eigenvalue weighted by Crippen LogP contribution is 2.37. The maximum Gasteiger partial charge on any atom is 0.303 e. The molecule has 1 N–H and O–H groups in total. The number of ether oxygens (including phenoxy) is 4. The van der Waals surface area contributed by atoms with Gasteiger partial charge in [-0.05, 0) is 12.8 Å². The third-order valence-corrected chi connectivity index (χ3v) is 5.41. The zero-order valence-electron chi connectivity index (χ0n) is 17.6. The lowest BCUT2D eigenvalue weighted by atomic mass is 10.1. The minimum atomic E-state index is -1.01. The number of rotatable bonds is 7. The van der Waals surface area contributed by atoms with E-state index in [1.165, 1.54) is 27.1 Å². The Kier molecular flexibility index (Phi) is 6.46. The summed E-state index contributed by atoms with van der Waals surface area (Å²) < 4.78 is 24.1. The number of fused-ring (bicyclic) bond motifs is 1. The van der Waals surface area contributed by atoms with Crippen molar-refractivity contribution in [3.05, 3.63) is 10.2 Å². The fourth-order valence-corrected chi connectivity index (χ4v) is 3.98. The second kappa shape index (κ2) is 9.13. The fourth-order valence-electron chi connectivity index (χ4n) is 3.51. The van der Waals surface area contributed by atoms with Crippen LogP contribution in [0.25, 0.3) is 11.2 Å². The Morgan fingerprint density at radius 1 is 1.12 bits per heavy atom. The average Bonchev–Trinajstić information content (AvgIpc) is 3.32. The highest BCUT2D eigenvalue weighted by Gasteiger charge is 2.51. The SMILES string of the molecule is CC(=O)OCC1OC(n2cnc3c(NC4CC4)nc(I)nc32)C(OC(C)=O)C1OC(C)=O. The van der Waals surface area contributed by atoms with E-state index in [-0.39, 0.29) is 6.61 Å². The number of halogens is 1. The summed E-state index contributed by atoms with van der Waals surface area (Å²) in [5.74, 6) is -1.09. The molecule has 3 heterocycles. The van der Waals surface area contributed by atoms with Crippen LogP contribution in [-0.2, 0) is 33.3 Å². The van der Waals surface area contributed by atoms with Crippen molar-refractivity contribution in [2.45, 2.75) is 64.2 Å². The van der Waals surface area contributed by atoms with Crippen LogP contribution in [0.5, 0.6) is 0 Å². The van der Waals surface area contributed by atoms with Gasteiger partial charge in [0.15, 0.2) is 39.2 Å². The molecule has 1 aliphatic carbocycles. The van der Waals surface area contributed by atoms with Gasteiger partial charge < -0.3 is 24.3 Å². The van der Waals surface area contributed by atoms with Crippen LogP contribution in [-0.4, -0.2) is 68.4 Å². The molecule has 0 amide bonds. The first-order chi connectivity index (χ1) is 15.2. The molecule has 13 heteroatoms. The maximum absolute atomic E-state index is 11.9. The van der Waals surface area contributed by atoms with Crippen molar-refractivity contribution in [1.82, 2.24) is 19.5 Å². The first-order valence-corrected chi connectivity index (χ1v) is 11.1. The lowest BCUT2D eigenvalue weighted by Gasteiger charge is -2.23. The van der Waals surface area contributed by atoms with Gasteiger partial charge in [0.2, 0.25) is 0 Å². The molecular formula is C19H22IN5O7. The third-order valence-electron chi connectivity index (χ3n) is 4.93. The standard InChI is InChI=1S/C19H22IN5O7/c1-8(26)29-6-12-14(30-9(2)27)15(31-10(3)28)18(32-12)25-7-21-13-16(22-11-4-5-11)23-19(20)24-17(13)25/h7,11-12,14-15,18H,4-6H2,1-3H3,(H,22,23,24). The molecule has 2 aromatic heterocycles. The molecular weight excluding hydrogens is 537 g/mol. The Morgan fingerprint density at radius 2 is 1.81 bits per heavy atom. The monoisotopic (exact) mass is 559 g/mol. The second-order valence-electron chi connectivity index (χ2n) is 7.60. The lowest BCUT2D eigenvalue weighted by Crippen LogP contribution is -2.40. The second-order valence-corrected chi connectivity index (χ2v) is 8.56. The summed E-state index contributed by atoms with van der Waals surface area (Å²) in [5, 5.41) is 3.34. The van der Waals surface area contributed by atoms with Crippen LogP contribution < -0.4 is 5.32 Å². The third kappa shape index (κ3) is 4.92. The molecule has 12 nitrogen and oxygen atoms in total. The van der Waals surface area contributed by atoms with Gasteiger partial charge in [-0.2, -0.15) is 0 Å². The predicted molar refractivity (Wildman–Crippen MR) is 116 cm³/mol. The first kappa shape index (κ1) is 22.6. The number of hydrogen-bond donors (Lipinski definition) is 1. The average molecular weight is 559 g/mol. The number of anilines is 1. The van der Waals surface area contributed by atoms with Gasteiger partial charge in [0.05, 0.1) is 6.33 Å². The minimum Gasteiger partial charge on any atom is -0.463 e. The zero-order chi connectivity index (χ0) is 23.0. The number of carbonyl (C=O) groups excluding carboxylic acids is 3. The summed E-state index contributed by atoms with van der Waals surface area (Å²) in [6.45, 7) is 3.55. The summed E-state index contributed by atoms with van der Waals surface area (Å²) in [5.41, 5.74) is 0.999. The Hall–Kier alpha value is -2.55. The number of hydrogen-bond acceptors (Lipinski definition) is 11. The van der Waals surface area contributed by atoms with Crippen molar-refractivity contribution < 1.29 is 33.3 Å². The van der Waals surface area contributed by atoms with Gasteiger partial charge in [0, 0.05) is 49.4 Å². The highest BCUT2D eigenvalue weighted by molar-refractivity contribution is 14.1. The van der Waals surface area contributed by atoms with Gasteiger partial charge in [-0.3, -0.25) is 19.0 Å². The van der Waals surface area contributed by atoms with E-state index < -0.39 is 42.4 Å². The number of nitrogens with zero attached hydrogens (tertiary/aromatic N) is 4. The number of carbonyl (C=O) groups is 3. The molecule has 4 atom stereocenters. The van der Waals surface area contributed by atoms with E-state index in [1.54, 1.807) is 4.57 Å². The Balaban J connectivity index is 1.73. The van der Waals surface area contributed by atoms with E-state index >= 15 is 0 Å². The molecule has 0 bridgehead atoms. The molecule has 32 heavy (non-hydrogen) atoms. The highest BCUT2D eigenvalue weighted by atomic mass is 127. The van der Waals surface area contributed by atoms with Gasteiger partial charge in [-0.1, -0.05) is 0 Å². The van der Waals surface area contributed by atoms with E-state index in [0.29, 0.717) is 26.9 Å². The van der Waals surface area contributed by atoms with Crippen LogP contribution in [0, 0.1) is 3.83 Å². The van der Waals surface area contributed by atoms with E-state index in [2.05, 4.69) is 20.3 Å². The summed E-state index contributed by atoms with van der Waals surface area (Å²) in [7, 11) is 0. The van der Waals surface area contributed by atoms with Crippen LogP contribution in [0.15, 0.2) is 6.33 Å². The topological polar surface area (TPSA) is 144 Å². The summed E-state index contributed by atoms with van der Waals surface area (Å²) in [6, 6.07) is 0.354. The molecule has 1 aliphatic heterocycles. The van der Waals surface area contributed by atoms with Gasteiger partial charge >= 0.3 is 17.9 Å². The largest absolute Gasteiger partial charge is 0.463 e. The molecule has 172 valence electrons. The molecule has 2 fully saturated rings. The number of imidazole rings is 1. The molecule has 2 aliphatic rings. The molecule has 1 saturated carbocycles. The van der Waals surface area contributed by atoms with Crippen molar-refractivity contribution in [3.63, 3.8) is 0 Å². The van der Waals surface area contributed by atoms with Crippen LogP contribution in [0.4, 0.5) is 5.82 Å². The molecule has 0 aromatic carbocycles. The van der Waals surface area contributed by atoms with Crippen LogP contribution in [0.2, 0.25) is 0 Å². The van der Waals surface area contributed by atoms with Gasteiger partial charge in [0.1, 0.15) is 12.7 Å². The smallest absolute Gasteiger partial charge is 0.303 e. The number of esters is 3. The van der Waals surface area contributed by atoms with Crippen molar-refractivity contribution >= 4 is 57.5 Å². The van der Waals surface area contributed by atoms with Gasteiger partial charge in [-0.25, -0.2) is 15.0 Å². The first-order valence-electron chi connectivity index (χ1n) is 10.0. The summed E-state index contributed by atoms with van der Waals surface area (Å²) in [4.78, 5) is 48.3. The Bertz CT molecular complexity index is 1060. The maximum atomic E-state index is 11.9. The number of aromatic nitrogens is 4. The summed E-state index contributed by atoms with van der Waals surface area (Å²) >= 11 is 2.01. The van der Waals surface area contributed by atoms with E-state index in [9.17, 15) is 14.4 Å². The molecule has 1 saturated heterocycles. The molecule has 4 rings (SSSR count). The van der Waals surface area contributed by atoms with Crippen LogP contribution in [0.3, 0.4) is 0 Å². The van der Waals surface area contributed by atoms with Crippen molar-refractivity contribution in [2.24, 2.45) is 0 Å². The van der Waals surface area contributed by atoms with E-state index in [4.69, 9.17) is 18.9 Å². The summed E-state index contributed by atoms with van der Waals surface area (Å²) in [6.07, 6.45) is -0.165. The predicted octanol–water partition coefficient (Wildman–Crippen LogP) is 1.33. The molecule has 4 unspecified atom stereocenters. The van der Waals surface area contributed by atoms with Crippen molar-refractivity contribution in [2.75, 3.05) is 11.9 Å².